The molecule has 72 valence electrons. The molecule has 2 aromatic rings. The van der Waals surface area contributed by atoms with Crippen LogP contribution < -0.4 is 0 Å². The van der Waals surface area contributed by atoms with Crippen molar-refractivity contribution in [3.8, 4) is 0 Å². The molecule has 1 heterocycles. The van der Waals surface area contributed by atoms with Crippen molar-refractivity contribution < 1.29 is 9.53 Å². The van der Waals surface area contributed by atoms with E-state index < -0.39 is 0 Å². The second-order valence-corrected chi connectivity index (χ2v) is 3.99. The number of hydrogen-bond donors (Lipinski definition) is 0. The molecular weight excluding hydrogens is 293 g/mol. The van der Waals surface area contributed by atoms with Crippen molar-refractivity contribution >= 4 is 39.6 Å². The maximum Gasteiger partial charge on any atom is 0.418 e. The summed E-state index contributed by atoms with van der Waals surface area (Å²) in [5.74, 6) is 0. The van der Waals surface area contributed by atoms with Gasteiger partial charge in [-0.05, 0) is 40.8 Å². The minimum atomic E-state index is -0.359. The summed E-state index contributed by atoms with van der Waals surface area (Å²) >= 11 is 2.24. The van der Waals surface area contributed by atoms with Crippen LogP contribution in [0.15, 0.2) is 30.5 Å². The van der Waals surface area contributed by atoms with Gasteiger partial charge in [0.1, 0.15) is 0 Å². The molecule has 0 saturated heterocycles. The second kappa shape index (κ2) is 3.61. The Morgan fingerprint density at radius 1 is 1.43 bits per heavy atom. The smallest absolute Gasteiger partial charge is 0.418 e. The third-order valence-corrected chi connectivity index (χ3v) is 2.99. The lowest BCUT2D eigenvalue weighted by Crippen LogP contribution is -2.09. The maximum atomic E-state index is 11.3. The molecule has 3 nitrogen and oxygen atoms in total. The summed E-state index contributed by atoms with van der Waals surface area (Å²) in [6.07, 6.45) is 1.36. The van der Waals surface area contributed by atoms with Gasteiger partial charge in [0.25, 0.3) is 0 Å². The van der Waals surface area contributed by atoms with E-state index in [0.717, 1.165) is 14.5 Å². The molecule has 0 aliphatic heterocycles. The number of benzene rings is 1. The molecule has 1 aromatic carbocycles. The van der Waals surface area contributed by atoms with Crippen LogP contribution in [-0.4, -0.2) is 17.8 Å². The van der Waals surface area contributed by atoms with Crippen molar-refractivity contribution in [2.75, 3.05) is 7.11 Å². The quantitative estimate of drug-likeness (QED) is 0.701. The van der Waals surface area contributed by atoms with Crippen molar-refractivity contribution in [1.82, 2.24) is 4.57 Å². The number of carbonyl (C=O) groups is 1. The van der Waals surface area contributed by atoms with Gasteiger partial charge < -0.3 is 4.74 Å². The first kappa shape index (κ1) is 9.51. The predicted octanol–water partition coefficient (Wildman–Crippen LogP) is 2.86. The number of halogens is 1. The number of aromatic nitrogens is 1. The lowest BCUT2D eigenvalue weighted by Gasteiger charge is -2.01. The fourth-order valence-electron chi connectivity index (χ4n) is 1.39. The number of nitrogens with zero attached hydrogens (tertiary/aromatic N) is 1. The fourth-order valence-corrected chi connectivity index (χ4v) is 2.05. The average molecular weight is 301 g/mol. The first-order valence-corrected chi connectivity index (χ1v) is 5.16. The second-order valence-electron chi connectivity index (χ2n) is 2.83. The van der Waals surface area contributed by atoms with Crippen LogP contribution in [0.4, 0.5) is 4.79 Å². The largest absolute Gasteiger partial charge is 0.452 e. The van der Waals surface area contributed by atoms with Crippen LogP contribution in [0.25, 0.3) is 10.9 Å². The van der Waals surface area contributed by atoms with E-state index in [0.29, 0.717) is 0 Å². The molecule has 14 heavy (non-hydrogen) atoms. The highest BCUT2D eigenvalue weighted by molar-refractivity contribution is 14.1. The molecule has 0 aliphatic carbocycles. The van der Waals surface area contributed by atoms with Crippen LogP contribution >= 0.6 is 22.6 Å². The van der Waals surface area contributed by atoms with Gasteiger partial charge in [0.05, 0.1) is 12.6 Å². The summed E-state index contributed by atoms with van der Waals surface area (Å²) < 4.78 is 7.29. The van der Waals surface area contributed by atoms with E-state index in [1.54, 1.807) is 6.20 Å². The molecule has 4 heteroatoms. The Morgan fingerprint density at radius 2 is 2.21 bits per heavy atom. The van der Waals surface area contributed by atoms with Gasteiger partial charge in [-0.25, -0.2) is 4.79 Å². The third kappa shape index (κ3) is 1.39. The van der Waals surface area contributed by atoms with Crippen LogP contribution in [-0.2, 0) is 4.74 Å². The predicted molar refractivity (Wildman–Crippen MR) is 62.5 cm³/mol. The molecule has 0 radical (unpaired) electrons. The van der Waals surface area contributed by atoms with Gasteiger partial charge >= 0.3 is 6.09 Å². The molecule has 0 atom stereocenters. The minimum Gasteiger partial charge on any atom is -0.452 e. The Bertz CT molecular complexity index is 490. The van der Waals surface area contributed by atoms with Crippen molar-refractivity contribution in [3.05, 3.63) is 34.0 Å². The standard InChI is InChI=1S/C10H8INO2/c1-14-10(13)12-6-5-7-8(11)3-2-4-9(7)12/h2-6H,1H3. The molecule has 0 spiro atoms. The number of carbonyl (C=O) groups excluding carboxylic acids is 1. The zero-order valence-electron chi connectivity index (χ0n) is 7.53. The minimum absolute atomic E-state index is 0.359. The van der Waals surface area contributed by atoms with Gasteiger partial charge in [-0.15, -0.1) is 0 Å². The number of methoxy groups -OCH3 is 1. The number of fused-ring (bicyclic) bond motifs is 1. The van der Waals surface area contributed by atoms with E-state index in [1.807, 2.05) is 24.3 Å². The fraction of sp³-hybridized carbons (Fsp3) is 0.100. The van der Waals surface area contributed by atoms with E-state index in [2.05, 4.69) is 27.3 Å². The van der Waals surface area contributed by atoms with Gasteiger partial charge in [-0.3, -0.25) is 4.57 Å². The van der Waals surface area contributed by atoms with Crippen LogP contribution in [0.2, 0.25) is 0 Å². The van der Waals surface area contributed by atoms with E-state index in [-0.39, 0.29) is 6.09 Å². The normalized spacial score (nSPS) is 10.4. The highest BCUT2D eigenvalue weighted by atomic mass is 127. The van der Waals surface area contributed by atoms with Crippen LogP contribution in [0.1, 0.15) is 0 Å². The maximum absolute atomic E-state index is 11.3. The molecule has 0 amide bonds. The van der Waals surface area contributed by atoms with Crippen LogP contribution in [0.5, 0.6) is 0 Å². The Morgan fingerprint density at radius 3 is 2.93 bits per heavy atom. The Balaban J connectivity index is 2.70. The highest BCUT2D eigenvalue weighted by Gasteiger charge is 2.09. The van der Waals surface area contributed by atoms with Crippen molar-refractivity contribution in [1.29, 1.82) is 0 Å². The van der Waals surface area contributed by atoms with Crippen LogP contribution in [0.3, 0.4) is 0 Å². The number of hydrogen-bond acceptors (Lipinski definition) is 2. The van der Waals surface area contributed by atoms with Gasteiger partial charge in [0.2, 0.25) is 0 Å². The molecule has 0 fully saturated rings. The molecule has 0 N–H and O–H groups in total. The molecule has 0 unspecified atom stereocenters. The lowest BCUT2D eigenvalue weighted by molar-refractivity contribution is 0.174. The zero-order valence-corrected chi connectivity index (χ0v) is 9.69. The van der Waals surface area contributed by atoms with Crippen LogP contribution in [0, 0.1) is 3.57 Å². The monoisotopic (exact) mass is 301 g/mol. The number of rotatable bonds is 0. The summed E-state index contributed by atoms with van der Waals surface area (Å²) in [5.41, 5.74) is 0.878. The highest BCUT2D eigenvalue weighted by Crippen LogP contribution is 2.21. The van der Waals surface area contributed by atoms with E-state index in [1.165, 1.54) is 11.7 Å². The van der Waals surface area contributed by atoms with Gasteiger partial charge in [-0.1, -0.05) is 6.07 Å². The third-order valence-electron chi connectivity index (χ3n) is 2.05. The summed E-state index contributed by atoms with van der Waals surface area (Å²) in [7, 11) is 1.38. The molecule has 0 bridgehead atoms. The van der Waals surface area contributed by atoms with Gasteiger partial charge in [0.15, 0.2) is 0 Å². The first-order valence-electron chi connectivity index (χ1n) is 4.08. The summed E-state index contributed by atoms with van der Waals surface area (Å²) in [4.78, 5) is 11.3. The SMILES string of the molecule is COC(=O)n1ccc2c(I)cccc21. The Kier molecular flexibility index (Phi) is 2.45. The topological polar surface area (TPSA) is 31.2 Å². The summed E-state index contributed by atoms with van der Waals surface area (Å²) in [6, 6.07) is 7.73. The first-order chi connectivity index (χ1) is 6.74. The lowest BCUT2D eigenvalue weighted by atomic mass is 10.2. The molecule has 1 aromatic heterocycles. The van der Waals surface area contributed by atoms with Crippen molar-refractivity contribution in [2.24, 2.45) is 0 Å². The summed E-state index contributed by atoms with van der Waals surface area (Å²) in [5, 5.41) is 1.07. The average Bonchev–Trinajstić information content (AvgIpc) is 2.62. The zero-order chi connectivity index (χ0) is 10.1. The van der Waals surface area contributed by atoms with Gasteiger partial charge in [0, 0.05) is 15.2 Å². The molecule has 0 saturated carbocycles. The van der Waals surface area contributed by atoms with E-state index >= 15 is 0 Å². The number of ether oxygens (including phenoxy) is 1. The molecule has 0 aliphatic rings. The van der Waals surface area contributed by atoms with Gasteiger partial charge in [-0.2, -0.15) is 0 Å². The summed E-state index contributed by atoms with van der Waals surface area (Å²) in [6.45, 7) is 0. The van der Waals surface area contributed by atoms with E-state index in [4.69, 9.17) is 0 Å². The molecular formula is C10H8INO2. The molecule has 2 rings (SSSR count). The van der Waals surface area contributed by atoms with Crippen molar-refractivity contribution in [2.45, 2.75) is 0 Å². The Hall–Kier alpha value is -1.04. The van der Waals surface area contributed by atoms with Crippen molar-refractivity contribution in [3.63, 3.8) is 0 Å². The Labute approximate surface area is 94.8 Å². The van der Waals surface area contributed by atoms with E-state index in [9.17, 15) is 4.79 Å².